The molecule has 0 saturated heterocycles. The fraction of sp³-hybridized carbons (Fsp3) is 0.158. The van der Waals surface area contributed by atoms with E-state index >= 15 is 0 Å². The van der Waals surface area contributed by atoms with E-state index in [0.717, 1.165) is 5.56 Å². The molecule has 0 radical (unpaired) electrons. The second kappa shape index (κ2) is 6.13. The van der Waals surface area contributed by atoms with Crippen molar-refractivity contribution in [3.8, 4) is 0 Å². The Morgan fingerprint density at radius 2 is 1.83 bits per heavy atom. The highest BCUT2D eigenvalue weighted by molar-refractivity contribution is 6.30. The van der Waals surface area contributed by atoms with Gasteiger partial charge in [0.2, 0.25) is 0 Å². The number of hydrogen-bond donors (Lipinski definition) is 1. The first-order valence-corrected chi connectivity index (χ1v) is 7.86. The van der Waals surface area contributed by atoms with Crippen molar-refractivity contribution in [3.05, 3.63) is 81.2 Å². The van der Waals surface area contributed by atoms with Crippen molar-refractivity contribution in [2.45, 2.75) is 19.4 Å². The number of benzene rings is 2. The molecule has 1 heterocycles. The van der Waals surface area contributed by atoms with Crippen LogP contribution in [-0.4, -0.2) is 5.91 Å². The molecule has 122 valence electrons. The molecule has 0 aliphatic heterocycles. The molecule has 0 aliphatic rings. The van der Waals surface area contributed by atoms with Crippen LogP contribution in [-0.2, 0) is 5.54 Å². The van der Waals surface area contributed by atoms with Crippen molar-refractivity contribution >= 4 is 28.5 Å². The van der Waals surface area contributed by atoms with Crippen LogP contribution in [0.2, 0.25) is 5.02 Å². The minimum atomic E-state index is -0.694. The van der Waals surface area contributed by atoms with E-state index in [1.54, 1.807) is 36.4 Å². The highest BCUT2D eigenvalue weighted by Gasteiger charge is 2.25. The van der Waals surface area contributed by atoms with Crippen molar-refractivity contribution < 1.29 is 9.21 Å². The van der Waals surface area contributed by atoms with Crippen molar-refractivity contribution in [1.82, 2.24) is 5.32 Å². The van der Waals surface area contributed by atoms with Gasteiger partial charge >= 0.3 is 5.63 Å². The Morgan fingerprint density at radius 3 is 2.58 bits per heavy atom. The molecule has 0 bridgehead atoms. The minimum absolute atomic E-state index is 0.0243. The normalized spacial score (nSPS) is 11.5. The molecule has 3 aromatic rings. The van der Waals surface area contributed by atoms with Gasteiger partial charge in [-0.3, -0.25) is 4.79 Å². The van der Waals surface area contributed by atoms with E-state index in [2.05, 4.69) is 5.32 Å². The molecule has 0 aliphatic carbocycles. The molecular weight excluding hydrogens is 326 g/mol. The van der Waals surface area contributed by atoms with Crippen LogP contribution in [0.1, 0.15) is 29.8 Å². The Balaban J connectivity index is 1.95. The van der Waals surface area contributed by atoms with Crippen molar-refractivity contribution in [1.29, 1.82) is 0 Å². The van der Waals surface area contributed by atoms with Gasteiger partial charge in [0.15, 0.2) is 0 Å². The number of carbonyl (C=O) groups excluding carboxylic acids is 1. The number of fused-ring (bicyclic) bond motifs is 1. The summed E-state index contributed by atoms with van der Waals surface area (Å²) in [5.74, 6) is -0.487. The van der Waals surface area contributed by atoms with Gasteiger partial charge in [-0.2, -0.15) is 0 Å². The van der Waals surface area contributed by atoms with Crippen LogP contribution in [0.15, 0.2) is 63.8 Å². The molecule has 0 spiro atoms. The fourth-order valence-corrected chi connectivity index (χ4v) is 2.71. The molecule has 0 atom stereocenters. The first-order chi connectivity index (χ1) is 11.4. The topological polar surface area (TPSA) is 59.3 Å². The van der Waals surface area contributed by atoms with Crippen LogP contribution < -0.4 is 10.9 Å². The number of amides is 1. The van der Waals surface area contributed by atoms with Gasteiger partial charge in [-0.1, -0.05) is 41.9 Å². The van der Waals surface area contributed by atoms with E-state index in [1.165, 1.54) is 0 Å². The molecule has 0 fully saturated rings. The lowest BCUT2D eigenvalue weighted by molar-refractivity contribution is 0.0908. The number of carbonyl (C=O) groups is 1. The summed E-state index contributed by atoms with van der Waals surface area (Å²) in [6.07, 6.45) is 0. The highest BCUT2D eigenvalue weighted by Crippen LogP contribution is 2.23. The van der Waals surface area contributed by atoms with E-state index in [1.807, 2.05) is 32.0 Å². The van der Waals surface area contributed by atoms with Gasteiger partial charge in [-0.25, -0.2) is 4.79 Å². The predicted molar refractivity (Wildman–Crippen MR) is 94.4 cm³/mol. The molecule has 0 saturated carbocycles. The number of hydrogen-bond acceptors (Lipinski definition) is 3. The lowest BCUT2D eigenvalue weighted by Crippen LogP contribution is -2.42. The first kappa shape index (κ1) is 16.3. The van der Waals surface area contributed by atoms with Crippen LogP contribution in [0, 0.1) is 0 Å². The molecular formula is C19H16ClNO3. The van der Waals surface area contributed by atoms with Gasteiger partial charge in [0, 0.05) is 10.4 Å². The quantitative estimate of drug-likeness (QED) is 0.729. The van der Waals surface area contributed by atoms with Crippen LogP contribution in [0.4, 0.5) is 0 Å². The third-order valence-corrected chi connectivity index (χ3v) is 4.09. The molecule has 2 aromatic carbocycles. The Hall–Kier alpha value is -2.59. The molecule has 4 nitrogen and oxygen atoms in total. The molecule has 1 N–H and O–H groups in total. The number of rotatable bonds is 3. The fourth-order valence-electron chi connectivity index (χ4n) is 2.52. The van der Waals surface area contributed by atoms with Gasteiger partial charge in [0.1, 0.15) is 11.1 Å². The van der Waals surface area contributed by atoms with Crippen LogP contribution >= 0.6 is 11.6 Å². The highest BCUT2D eigenvalue weighted by atomic mass is 35.5. The predicted octanol–water partition coefficient (Wildman–Crippen LogP) is 4.11. The summed E-state index contributed by atoms with van der Waals surface area (Å²) in [6.45, 7) is 3.69. The zero-order valence-electron chi connectivity index (χ0n) is 13.3. The van der Waals surface area contributed by atoms with E-state index in [4.69, 9.17) is 16.0 Å². The molecule has 5 heteroatoms. The zero-order chi connectivity index (χ0) is 17.3. The monoisotopic (exact) mass is 341 g/mol. The van der Waals surface area contributed by atoms with E-state index in [9.17, 15) is 9.59 Å². The van der Waals surface area contributed by atoms with Gasteiger partial charge < -0.3 is 9.73 Å². The third kappa shape index (κ3) is 3.19. The summed E-state index contributed by atoms with van der Waals surface area (Å²) in [6, 6.07) is 15.8. The molecule has 0 unspecified atom stereocenters. The number of para-hydroxylation sites is 1. The van der Waals surface area contributed by atoms with Gasteiger partial charge in [-0.05, 0) is 43.7 Å². The van der Waals surface area contributed by atoms with E-state index < -0.39 is 17.1 Å². The molecule has 1 amide bonds. The molecule has 3 rings (SSSR count). The second-order valence-corrected chi connectivity index (χ2v) is 6.51. The Labute approximate surface area is 144 Å². The average molecular weight is 342 g/mol. The summed E-state index contributed by atoms with van der Waals surface area (Å²) in [5.41, 5.74) is -0.0846. The maximum absolute atomic E-state index is 12.6. The van der Waals surface area contributed by atoms with Crippen molar-refractivity contribution in [2.75, 3.05) is 0 Å². The van der Waals surface area contributed by atoms with E-state index in [0.29, 0.717) is 16.0 Å². The maximum Gasteiger partial charge on any atom is 0.349 e. The summed E-state index contributed by atoms with van der Waals surface area (Å²) in [7, 11) is 0. The number of halogens is 1. The third-order valence-electron chi connectivity index (χ3n) is 3.86. The minimum Gasteiger partial charge on any atom is -0.422 e. The zero-order valence-corrected chi connectivity index (χ0v) is 14.1. The Kier molecular flexibility index (Phi) is 4.16. The van der Waals surface area contributed by atoms with Crippen LogP contribution in [0.5, 0.6) is 0 Å². The van der Waals surface area contributed by atoms with Crippen molar-refractivity contribution in [2.24, 2.45) is 0 Å². The summed E-state index contributed by atoms with van der Waals surface area (Å²) in [5, 5.41) is 4.14. The SMILES string of the molecule is CC(C)(NC(=O)c1cc2ccccc2oc1=O)c1cccc(Cl)c1. The molecule has 24 heavy (non-hydrogen) atoms. The standard InChI is InChI=1S/C19H16ClNO3/c1-19(2,13-7-5-8-14(20)11-13)21-17(22)15-10-12-6-3-4-9-16(12)24-18(15)23/h3-11H,1-2H3,(H,21,22). The van der Waals surface area contributed by atoms with Gasteiger partial charge in [-0.15, -0.1) is 0 Å². The van der Waals surface area contributed by atoms with Gasteiger partial charge in [0.05, 0.1) is 5.54 Å². The van der Waals surface area contributed by atoms with Crippen molar-refractivity contribution in [3.63, 3.8) is 0 Å². The van der Waals surface area contributed by atoms with Crippen LogP contribution in [0.3, 0.4) is 0 Å². The Bertz CT molecular complexity index is 976. The lowest BCUT2D eigenvalue weighted by atomic mass is 9.94. The maximum atomic E-state index is 12.6. The number of nitrogens with one attached hydrogen (secondary N) is 1. The lowest BCUT2D eigenvalue weighted by Gasteiger charge is -2.27. The van der Waals surface area contributed by atoms with Gasteiger partial charge in [0.25, 0.3) is 5.91 Å². The smallest absolute Gasteiger partial charge is 0.349 e. The summed E-state index contributed by atoms with van der Waals surface area (Å²) < 4.78 is 5.22. The van der Waals surface area contributed by atoms with Crippen LogP contribution in [0.25, 0.3) is 11.0 Å². The summed E-state index contributed by atoms with van der Waals surface area (Å²) in [4.78, 5) is 24.7. The Morgan fingerprint density at radius 1 is 1.08 bits per heavy atom. The summed E-state index contributed by atoms with van der Waals surface area (Å²) >= 11 is 6.02. The van der Waals surface area contributed by atoms with E-state index in [-0.39, 0.29) is 5.56 Å². The first-order valence-electron chi connectivity index (χ1n) is 7.48. The molecule has 1 aromatic heterocycles. The largest absolute Gasteiger partial charge is 0.422 e. The average Bonchev–Trinajstić information content (AvgIpc) is 2.53. The second-order valence-electron chi connectivity index (χ2n) is 6.07.